The van der Waals surface area contributed by atoms with Crippen molar-refractivity contribution in [1.82, 2.24) is 4.90 Å². The smallest absolute Gasteiger partial charge is 0.225 e. The van der Waals surface area contributed by atoms with Crippen LogP contribution in [0, 0.1) is 0 Å². The van der Waals surface area contributed by atoms with E-state index in [1.807, 2.05) is 13.1 Å². The predicted octanol–water partition coefficient (Wildman–Crippen LogP) is 2.47. The van der Waals surface area contributed by atoms with Crippen molar-refractivity contribution < 1.29 is 9.53 Å². The Balaban J connectivity index is 1.72. The van der Waals surface area contributed by atoms with E-state index in [9.17, 15) is 4.79 Å². The summed E-state index contributed by atoms with van der Waals surface area (Å²) in [5, 5.41) is 3.00. The SMILES string of the molecule is COCCCN(C)CCC(=O)Nc1ccc2c(c1)CCC2. The maximum absolute atomic E-state index is 12.0. The number of rotatable bonds is 8. The molecule has 0 spiro atoms. The lowest BCUT2D eigenvalue weighted by molar-refractivity contribution is -0.116. The minimum absolute atomic E-state index is 0.0894. The molecule has 1 aliphatic rings. The highest BCUT2D eigenvalue weighted by atomic mass is 16.5. The van der Waals surface area contributed by atoms with Gasteiger partial charge in [-0.15, -0.1) is 0 Å². The van der Waals surface area contributed by atoms with Gasteiger partial charge in [-0.3, -0.25) is 4.79 Å². The highest BCUT2D eigenvalue weighted by Crippen LogP contribution is 2.24. The van der Waals surface area contributed by atoms with Crippen LogP contribution >= 0.6 is 0 Å². The maximum atomic E-state index is 12.0. The Morgan fingerprint density at radius 2 is 2.10 bits per heavy atom. The summed E-state index contributed by atoms with van der Waals surface area (Å²) in [7, 11) is 3.75. The van der Waals surface area contributed by atoms with E-state index in [1.54, 1.807) is 7.11 Å². The van der Waals surface area contributed by atoms with Crippen LogP contribution in [-0.4, -0.2) is 44.7 Å². The number of nitrogens with one attached hydrogen (secondary N) is 1. The summed E-state index contributed by atoms with van der Waals surface area (Å²) in [6.45, 7) is 2.51. The molecule has 2 rings (SSSR count). The molecule has 0 saturated carbocycles. The zero-order valence-corrected chi connectivity index (χ0v) is 13.2. The van der Waals surface area contributed by atoms with Crippen LogP contribution in [0.25, 0.3) is 0 Å². The fourth-order valence-electron chi connectivity index (χ4n) is 2.76. The summed E-state index contributed by atoms with van der Waals surface area (Å²) in [6.07, 6.45) is 5.08. The monoisotopic (exact) mass is 290 g/mol. The highest BCUT2D eigenvalue weighted by molar-refractivity contribution is 5.90. The second kappa shape index (κ2) is 8.15. The molecule has 0 fully saturated rings. The van der Waals surface area contributed by atoms with Gasteiger partial charge in [0, 0.05) is 38.9 Å². The van der Waals surface area contributed by atoms with Crippen molar-refractivity contribution >= 4 is 11.6 Å². The Hall–Kier alpha value is -1.39. The van der Waals surface area contributed by atoms with E-state index in [1.165, 1.54) is 24.0 Å². The van der Waals surface area contributed by atoms with Gasteiger partial charge in [0.05, 0.1) is 0 Å². The molecular formula is C17H26N2O2. The number of anilines is 1. The molecule has 21 heavy (non-hydrogen) atoms. The number of carbonyl (C=O) groups excluding carboxylic acids is 1. The van der Waals surface area contributed by atoms with Gasteiger partial charge in [-0.1, -0.05) is 6.07 Å². The van der Waals surface area contributed by atoms with Gasteiger partial charge in [-0.2, -0.15) is 0 Å². The van der Waals surface area contributed by atoms with E-state index < -0.39 is 0 Å². The van der Waals surface area contributed by atoms with Gasteiger partial charge in [0.25, 0.3) is 0 Å². The minimum Gasteiger partial charge on any atom is -0.385 e. The van der Waals surface area contributed by atoms with Crippen molar-refractivity contribution in [2.24, 2.45) is 0 Å². The van der Waals surface area contributed by atoms with Gasteiger partial charge < -0.3 is 15.0 Å². The molecule has 4 heteroatoms. The van der Waals surface area contributed by atoms with Crippen molar-refractivity contribution in [3.05, 3.63) is 29.3 Å². The fourth-order valence-corrected chi connectivity index (χ4v) is 2.76. The van der Waals surface area contributed by atoms with E-state index in [0.717, 1.165) is 38.2 Å². The van der Waals surface area contributed by atoms with E-state index in [4.69, 9.17) is 4.74 Å². The normalized spacial score (nSPS) is 13.5. The number of benzene rings is 1. The van der Waals surface area contributed by atoms with Gasteiger partial charge in [0.15, 0.2) is 0 Å². The molecule has 0 unspecified atom stereocenters. The topological polar surface area (TPSA) is 41.6 Å². The molecular weight excluding hydrogens is 264 g/mol. The minimum atomic E-state index is 0.0894. The molecule has 1 aliphatic carbocycles. The maximum Gasteiger partial charge on any atom is 0.225 e. The predicted molar refractivity (Wildman–Crippen MR) is 85.7 cm³/mol. The molecule has 0 heterocycles. The quantitative estimate of drug-likeness (QED) is 0.748. The molecule has 0 aliphatic heterocycles. The second-order valence-corrected chi connectivity index (χ2v) is 5.78. The van der Waals surface area contributed by atoms with Crippen molar-refractivity contribution in [3.63, 3.8) is 0 Å². The largest absolute Gasteiger partial charge is 0.385 e. The highest BCUT2D eigenvalue weighted by Gasteiger charge is 2.12. The fraction of sp³-hybridized carbons (Fsp3) is 0.588. The number of hydrogen-bond acceptors (Lipinski definition) is 3. The van der Waals surface area contributed by atoms with Crippen molar-refractivity contribution in [1.29, 1.82) is 0 Å². The number of aryl methyl sites for hydroxylation is 2. The molecule has 0 bridgehead atoms. The Morgan fingerprint density at radius 1 is 1.29 bits per heavy atom. The summed E-state index contributed by atoms with van der Waals surface area (Å²) < 4.78 is 5.03. The number of amides is 1. The third-order valence-electron chi connectivity index (χ3n) is 3.99. The summed E-state index contributed by atoms with van der Waals surface area (Å²) in [5.74, 6) is 0.0894. The van der Waals surface area contributed by atoms with E-state index in [2.05, 4.69) is 22.3 Å². The van der Waals surface area contributed by atoms with Crippen LogP contribution in [0.5, 0.6) is 0 Å². The molecule has 0 radical (unpaired) electrons. The molecule has 0 atom stereocenters. The van der Waals surface area contributed by atoms with Crippen LogP contribution in [0.3, 0.4) is 0 Å². The molecule has 1 N–H and O–H groups in total. The van der Waals surface area contributed by atoms with Crippen LogP contribution in [-0.2, 0) is 22.4 Å². The molecule has 1 aromatic carbocycles. The standard InChI is InChI=1S/C17H26N2O2/c1-19(10-4-12-21-2)11-9-17(20)18-16-8-7-14-5-3-6-15(14)13-16/h7-8,13H,3-6,9-12H2,1-2H3,(H,18,20). The molecule has 1 amide bonds. The Morgan fingerprint density at radius 3 is 2.90 bits per heavy atom. The van der Waals surface area contributed by atoms with Crippen LogP contribution in [0.15, 0.2) is 18.2 Å². The molecule has 4 nitrogen and oxygen atoms in total. The van der Waals surface area contributed by atoms with Crippen LogP contribution in [0.1, 0.15) is 30.4 Å². The molecule has 0 aromatic heterocycles. The van der Waals surface area contributed by atoms with Crippen LogP contribution in [0.4, 0.5) is 5.69 Å². The van der Waals surface area contributed by atoms with Crippen molar-refractivity contribution in [3.8, 4) is 0 Å². The molecule has 0 saturated heterocycles. The summed E-state index contributed by atoms with van der Waals surface area (Å²) in [6, 6.07) is 6.29. The van der Waals surface area contributed by atoms with Gasteiger partial charge in [-0.25, -0.2) is 0 Å². The van der Waals surface area contributed by atoms with E-state index in [0.29, 0.717) is 6.42 Å². The Bertz CT molecular complexity index is 474. The van der Waals surface area contributed by atoms with Gasteiger partial charge in [0.1, 0.15) is 0 Å². The van der Waals surface area contributed by atoms with Gasteiger partial charge >= 0.3 is 0 Å². The Labute approximate surface area is 127 Å². The first kappa shape index (κ1) is 16.0. The summed E-state index contributed by atoms with van der Waals surface area (Å²) in [5.41, 5.74) is 3.76. The van der Waals surface area contributed by atoms with Crippen molar-refractivity contribution in [2.75, 3.05) is 39.2 Å². The Kier molecular flexibility index (Phi) is 6.21. The molecule has 116 valence electrons. The number of nitrogens with zero attached hydrogens (tertiary/aromatic N) is 1. The zero-order chi connectivity index (χ0) is 15.1. The first-order chi connectivity index (χ1) is 10.2. The summed E-state index contributed by atoms with van der Waals surface area (Å²) in [4.78, 5) is 14.2. The zero-order valence-electron chi connectivity index (χ0n) is 13.2. The third kappa shape index (κ3) is 5.14. The third-order valence-corrected chi connectivity index (χ3v) is 3.99. The number of methoxy groups -OCH3 is 1. The first-order valence-electron chi connectivity index (χ1n) is 7.78. The number of fused-ring (bicyclic) bond motifs is 1. The number of hydrogen-bond donors (Lipinski definition) is 1. The van der Waals surface area contributed by atoms with E-state index in [-0.39, 0.29) is 5.91 Å². The van der Waals surface area contributed by atoms with Crippen LogP contribution < -0.4 is 5.32 Å². The van der Waals surface area contributed by atoms with Crippen LogP contribution in [0.2, 0.25) is 0 Å². The number of carbonyl (C=O) groups is 1. The number of ether oxygens (including phenoxy) is 1. The average Bonchev–Trinajstić information content (AvgIpc) is 2.93. The molecule has 1 aromatic rings. The summed E-state index contributed by atoms with van der Waals surface area (Å²) >= 11 is 0. The van der Waals surface area contributed by atoms with Crippen molar-refractivity contribution in [2.45, 2.75) is 32.1 Å². The first-order valence-corrected chi connectivity index (χ1v) is 7.78. The lowest BCUT2D eigenvalue weighted by Crippen LogP contribution is -2.25. The lowest BCUT2D eigenvalue weighted by atomic mass is 10.1. The van der Waals surface area contributed by atoms with Gasteiger partial charge in [0.2, 0.25) is 5.91 Å². The van der Waals surface area contributed by atoms with E-state index >= 15 is 0 Å². The second-order valence-electron chi connectivity index (χ2n) is 5.78. The van der Waals surface area contributed by atoms with Gasteiger partial charge in [-0.05, 0) is 56.0 Å². The lowest BCUT2D eigenvalue weighted by Gasteiger charge is -2.16. The average molecular weight is 290 g/mol.